The van der Waals surface area contributed by atoms with Gasteiger partial charge in [-0.2, -0.15) is 0 Å². The van der Waals surface area contributed by atoms with Gasteiger partial charge in [0.15, 0.2) is 0 Å². The Morgan fingerprint density at radius 3 is 2.52 bits per heavy atom. The Balaban J connectivity index is 2.36. The molecule has 2 nitrogen and oxygen atoms in total. The van der Waals surface area contributed by atoms with Crippen molar-refractivity contribution in [3.8, 4) is 16.9 Å². The molecule has 1 N–H and O–H groups in total. The molecule has 0 bridgehead atoms. The van der Waals surface area contributed by atoms with Crippen molar-refractivity contribution in [2.75, 3.05) is 13.7 Å². The number of benzene rings is 2. The van der Waals surface area contributed by atoms with E-state index in [1.165, 1.54) is 11.1 Å². The topological polar surface area (TPSA) is 21.3 Å². The molecule has 112 valence electrons. The van der Waals surface area contributed by atoms with E-state index in [2.05, 4.69) is 43.4 Å². The van der Waals surface area contributed by atoms with Gasteiger partial charge >= 0.3 is 0 Å². The second-order valence-corrected chi connectivity index (χ2v) is 5.40. The number of nitrogens with one attached hydrogen (secondary N) is 1. The van der Waals surface area contributed by atoms with Crippen molar-refractivity contribution in [1.29, 1.82) is 0 Å². The predicted octanol–water partition coefficient (Wildman–Crippen LogP) is 5.08. The summed E-state index contributed by atoms with van der Waals surface area (Å²) in [5.41, 5.74) is 3.61. The van der Waals surface area contributed by atoms with Crippen molar-refractivity contribution in [2.24, 2.45) is 0 Å². The number of rotatable bonds is 6. The molecule has 0 heterocycles. The minimum atomic E-state index is 0.393. The van der Waals surface area contributed by atoms with Crippen LogP contribution in [-0.2, 0) is 0 Å². The van der Waals surface area contributed by atoms with Crippen LogP contribution in [0.4, 0.5) is 0 Å². The van der Waals surface area contributed by atoms with E-state index in [0.29, 0.717) is 16.8 Å². The highest BCUT2D eigenvalue weighted by Gasteiger charge is 2.10. The van der Waals surface area contributed by atoms with Crippen molar-refractivity contribution in [3.63, 3.8) is 0 Å². The SMILES string of the molecule is CCNC(CC)c1cccc(-c2ccc(Cl)c(OC)c2)c1. The minimum absolute atomic E-state index is 0.393. The van der Waals surface area contributed by atoms with Crippen LogP contribution in [0.2, 0.25) is 5.02 Å². The van der Waals surface area contributed by atoms with Gasteiger partial charge in [0.1, 0.15) is 5.75 Å². The average molecular weight is 304 g/mol. The molecular formula is C18H22ClNO. The molecular weight excluding hydrogens is 282 g/mol. The smallest absolute Gasteiger partial charge is 0.138 e. The first-order chi connectivity index (χ1) is 10.2. The monoisotopic (exact) mass is 303 g/mol. The van der Waals surface area contributed by atoms with Gasteiger partial charge in [0.25, 0.3) is 0 Å². The van der Waals surface area contributed by atoms with Gasteiger partial charge in [0.05, 0.1) is 12.1 Å². The summed E-state index contributed by atoms with van der Waals surface area (Å²) in [6, 6.07) is 14.9. The Bertz CT molecular complexity index is 598. The van der Waals surface area contributed by atoms with Crippen molar-refractivity contribution >= 4 is 11.6 Å². The molecule has 0 spiro atoms. The van der Waals surface area contributed by atoms with Crippen molar-refractivity contribution in [1.82, 2.24) is 5.32 Å². The van der Waals surface area contributed by atoms with Gasteiger partial charge in [-0.1, -0.05) is 49.7 Å². The van der Waals surface area contributed by atoms with E-state index >= 15 is 0 Å². The molecule has 21 heavy (non-hydrogen) atoms. The molecule has 1 atom stereocenters. The summed E-state index contributed by atoms with van der Waals surface area (Å²) in [5.74, 6) is 0.707. The van der Waals surface area contributed by atoms with Crippen LogP contribution in [0.25, 0.3) is 11.1 Å². The largest absolute Gasteiger partial charge is 0.495 e. The highest BCUT2D eigenvalue weighted by Crippen LogP contribution is 2.31. The molecule has 0 saturated carbocycles. The maximum absolute atomic E-state index is 6.09. The highest BCUT2D eigenvalue weighted by molar-refractivity contribution is 6.32. The average Bonchev–Trinajstić information content (AvgIpc) is 2.53. The van der Waals surface area contributed by atoms with Crippen LogP contribution >= 0.6 is 11.6 Å². The maximum Gasteiger partial charge on any atom is 0.138 e. The van der Waals surface area contributed by atoms with Crippen molar-refractivity contribution in [3.05, 3.63) is 53.1 Å². The molecule has 0 amide bonds. The second-order valence-electron chi connectivity index (χ2n) is 4.99. The fourth-order valence-corrected chi connectivity index (χ4v) is 2.71. The summed E-state index contributed by atoms with van der Waals surface area (Å²) in [7, 11) is 1.64. The summed E-state index contributed by atoms with van der Waals surface area (Å²) in [6.07, 6.45) is 1.07. The van der Waals surface area contributed by atoms with E-state index in [4.69, 9.17) is 16.3 Å². The van der Waals surface area contributed by atoms with Gasteiger partial charge in [0, 0.05) is 6.04 Å². The molecule has 2 rings (SSSR count). The molecule has 0 saturated heterocycles. The minimum Gasteiger partial charge on any atom is -0.495 e. The van der Waals surface area contributed by atoms with Crippen LogP contribution in [0.1, 0.15) is 31.9 Å². The zero-order chi connectivity index (χ0) is 15.2. The van der Waals surface area contributed by atoms with Crippen molar-refractivity contribution < 1.29 is 4.74 Å². The molecule has 0 aromatic heterocycles. The lowest BCUT2D eigenvalue weighted by molar-refractivity contribution is 0.415. The van der Waals surface area contributed by atoms with Crippen molar-refractivity contribution in [2.45, 2.75) is 26.3 Å². The molecule has 0 aliphatic heterocycles. The lowest BCUT2D eigenvalue weighted by atomic mass is 9.98. The Labute approximate surface area is 132 Å². The second kappa shape index (κ2) is 7.48. The van der Waals surface area contributed by atoms with Crippen LogP contribution in [0.3, 0.4) is 0 Å². The normalized spacial score (nSPS) is 12.2. The fraction of sp³-hybridized carbons (Fsp3) is 0.333. The summed E-state index contributed by atoms with van der Waals surface area (Å²) in [5, 5.41) is 4.15. The Morgan fingerprint density at radius 1 is 1.10 bits per heavy atom. The van der Waals surface area contributed by atoms with Crippen LogP contribution in [0.5, 0.6) is 5.75 Å². The van der Waals surface area contributed by atoms with E-state index < -0.39 is 0 Å². The number of halogens is 1. The highest BCUT2D eigenvalue weighted by atomic mass is 35.5. The van der Waals surface area contributed by atoms with Crippen LogP contribution in [0.15, 0.2) is 42.5 Å². The van der Waals surface area contributed by atoms with Gasteiger partial charge < -0.3 is 10.1 Å². The third-order valence-electron chi connectivity index (χ3n) is 3.63. The van der Waals surface area contributed by atoms with Gasteiger partial charge in [0.2, 0.25) is 0 Å². The lowest BCUT2D eigenvalue weighted by Gasteiger charge is -2.17. The molecule has 1 unspecified atom stereocenters. The van der Waals surface area contributed by atoms with E-state index in [9.17, 15) is 0 Å². The van der Waals surface area contributed by atoms with Crippen LogP contribution in [0, 0.1) is 0 Å². The molecule has 2 aromatic rings. The standard InChI is InChI=1S/C18H22ClNO/c1-4-17(20-5-2)15-8-6-7-13(11-15)14-9-10-16(19)18(12-14)21-3/h6-12,17,20H,4-5H2,1-3H3. The van der Waals surface area contributed by atoms with E-state index in [-0.39, 0.29) is 0 Å². The molecule has 0 aliphatic carbocycles. The van der Waals surface area contributed by atoms with E-state index in [1.54, 1.807) is 7.11 Å². The van der Waals surface area contributed by atoms with Crippen LogP contribution < -0.4 is 10.1 Å². The molecule has 3 heteroatoms. The zero-order valence-electron chi connectivity index (χ0n) is 12.8. The predicted molar refractivity (Wildman–Crippen MR) is 90.1 cm³/mol. The number of methoxy groups -OCH3 is 1. The summed E-state index contributed by atoms with van der Waals surface area (Å²) < 4.78 is 5.30. The van der Waals surface area contributed by atoms with E-state index in [0.717, 1.165) is 18.5 Å². The summed E-state index contributed by atoms with van der Waals surface area (Å²) >= 11 is 6.09. The van der Waals surface area contributed by atoms with Gasteiger partial charge in [-0.05, 0) is 47.9 Å². The Morgan fingerprint density at radius 2 is 1.86 bits per heavy atom. The summed E-state index contributed by atoms with van der Waals surface area (Å²) in [4.78, 5) is 0. The van der Waals surface area contributed by atoms with Gasteiger partial charge in [-0.25, -0.2) is 0 Å². The lowest BCUT2D eigenvalue weighted by Crippen LogP contribution is -2.19. The van der Waals surface area contributed by atoms with E-state index in [1.807, 2.05) is 18.2 Å². The summed E-state index contributed by atoms with van der Waals surface area (Å²) in [6.45, 7) is 5.30. The molecule has 0 aliphatic rings. The molecule has 2 aromatic carbocycles. The molecule has 0 radical (unpaired) electrons. The number of ether oxygens (including phenoxy) is 1. The maximum atomic E-state index is 6.09. The zero-order valence-corrected chi connectivity index (χ0v) is 13.6. The Kier molecular flexibility index (Phi) is 5.66. The third kappa shape index (κ3) is 3.78. The first-order valence-electron chi connectivity index (χ1n) is 7.36. The first kappa shape index (κ1) is 15.9. The number of hydrogen-bond acceptors (Lipinski definition) is 2. The quantitative estimate of drug-likeness (QED) is 0.804. The fourth-order valence-electron chi connectivity index (χ4n) is 2.52. The number of hydrogen-bond donors (Lipinski definition) is 1. The molecule has 0 fully saturated rings. The van der Waals surface area contributed by atoms with Gasteiger partial charge in [-0.15, -0.1) is 0 Å². The Hall–Kier alpha value is -1.51. The van der Waals surface area contributed by atoms with Gasteiger partial charge in [-0.3, -0.25) is 0 Å². The third-order valence-corrected chi connectivity index (χ3v) is 3.94. The first-order valence-corrected chi connectivity index (χ1v) is 7.74. The van der Waals surface area contributed by atoms with Crippen LogP contribution in [-0.4, -0.2) is 13.7 Å².